The van der Waals surface area contributed by atoms with Crippen LogP contribution in [0.4, 0.5) is 11.4 Å². The van der Waals surface area contributed by atoms with Crippen molar-refractivity contribution in [1.82, 2.24) is 4.90 Å². The fourth-order valence-corrected chi connectivity index (χ4v) is 3.03. The smallest absolute Gasteiger partial charge is 0.119 e. The zero-order chi connectivity index (χ0) is 16.8. The Bertz CT molecular complexity index is 616. The van der Waals surface area contributed by atoms with E-state index in [2.05, 4.69) is 41.0 Å². The molecule has 0 bridgehead atoms. The normalized spacial score (nSPS) is 15.5. The lowest BCUT2D eigenvalue weighted by atomic mass is 10.2. The fourth-order valence-electron chi connectivity index (χ4n) is 3.03. The minimum absolute atomic E-state index is 0.779. The first kappa shape index (κ1) is 16.7. The molecule has 2 N–H and O–H groups in total. The maximum atomic E-state index is 5.80. The number of nitrogens with two attached hydrogens (primary N) is 1. The molecule has 4 heteroatoms. The third-order valence-electron chi connectivity index (χ3n) is 4.54. The molecule has 1 aliphatic heterocycles. The Balaban J connectivity index is 1.35. The molecular formula is C20H27N3O. The molecule has 0 aromatic heterocycles. The first-order chi connectivity index (χ1) is 11.7. The first-order valence-corrected chi connectivity index (χ1v) is 8.73. The molecule has 0 aliphatic carbocycles. The summed E-state index contributed by atoms with van der Waals surface area (Å²) < 4.78 is 5.80. The van der Waals surface area contributed by atoms with E-state index in [1.54, 1.807) is 0 Å². The van der Waals surface area contributed by atoms with Crippen molar-refractivity contribution in [3.63, 3.8) is 0 Å². The second-order valence-electron chi connectivity index (χ2n) is 6.44. The molecule has 1 fully saturated rings. The Labute approximate surface area is 144 Å². The van der Waals surface area contributed by atoms with Crippen molar-refractivity contribution in [1.29, 1.82) is 0 Å². The number of benzene rings is 2. The third-order valence-corrected chi connectivity index (χ3v) is 4.54. The predicted octanol–water partition coefficient (Wildman–Crippen LogP) is 3.17. The maximum Gasteiger partial charge on any atom is 0.119 e. The summed E-state index contributed by atoms with van der Waals surface area (Å²) in [7, 11) is 0. The summed E-state index contributed by atoms with van der Waals surface area (Å²) in [5, 5.41) is 0. The van der Waals surface area contributed by atoms with Gasteiger partial charge in [-0.2, -0.15) is 0 Å². The number of nitrogen functional groups attached to an aromatic ring is 1. The van der Waals surface area contributed by atoms with Gasteiger partial charge in [-0.05, 0) is 49.7 Å². The van der Waals surface area contributed by atoms with Crippen LogP contribution < -0.4 is 15.4 Å². The van der Waals surface area contributed by atoms with E-state index >= 15 is 0 Å². The molecule has 4 nitrogen and oxygen atoms in total. The Kier molecular flexibility index (Phi) is 5.59. The molecule has 1 aliphatic rings. The zero-order valence-electron chi connectivity index (χ0n) is 14.4. The molecule has 0 radical (unpaired) electrons. The van der Waals surface area contributed by atoms with E-state index < -0.39 is 0 Å². The second-order valence-corrected chi connectivity index (χ2v) is 6.44. The second kappa shape index (κ2) is 8.06. The number of anilines is 2. The summed E-state index contributed by atoms with van der Waals surface area (Å²) in [6.07, 6.45) is 1.07. The average Bonchev–Trinajstić information content (AvgIpc) is 2.62. The van der Waals surface area contributed by atoms with E-state index in [0.717, 1.165) is 57.2 Å². The summed E-state index contributed by atoms with van der Waals surface area (Å²) in [4.78, 5) is 4.95. The minimum atomic E-state index is 0.779. The topological polar surface area (TPSA) is 41.7 Å². The first-order valence-electron chi connectivity index (χ1n) is 8.73. The largest absolute Gasteiger partial charge is 0.494 e. The van der Waals surface area contributed by atoms with Gasteiger partial charge in [-0.3, -0.25) is 4.90 Å². The minimum Gasteiger partial charge on any atom is -0.494 e. The van der Waals surface area contributed by atoms with Crippen LogP contribution >= 0.6 is 0 Å². The molecule has 0 unspecified atom stereocenters. The van der Waals surface area contributed by atoms with Crippen LogP contribution in [-0.2, 0) is 0 Å². The van der Waals surface area contributed by atoms with Crippen molar-refractivity contribution in [2.45, 2.75) is 13.3 Å². The lowest BCUT2D eigenvalue weighted by Crippen LogP contribution is -2.46. The Hall–Kier alpha value is -2.20. The monoisotopic (exact) mass is 325 g/mol. The van der Waals surface area contributed by atoms with Crippen LogP contribution in [0.3, 0.4) is 0 Å². The highest BCUT2D eigenvalue weighted by atomic mass is 16.5. The Morgan fingerprint density at radius 1 is 0.917 bits per heavy atom. The summed E-state index contributed by atoms with van der Waals surface area (Å²) in [6, 6.07) is 16.4. The van der Waals surface area contributed by atoms with Gasteiger partial charge in [0.1, 0.15) is 5.75 Å². The highest BCUT2D eigenvalue weighted by Crippen LogP contribution is 2.18. The molecule has 2 aromatic carbocycles. The Morgan fingerprint density at radius 2 is 1.58 bits per heavy atom. The number of hydrogen-bond donors (Lipinski definition) is 1. The van der Waals surface area contributed by atoms with Crippen LogP contribution in [0.15, 0.2) is 48.5 Å². The van der Waals surface area contributed by atoms with Gasteiger partial charge >= 0.3 is 0 Å². The number of nitrogens with zero attached hydrogens (tertiary/aromatic N) is 2. The summed E-state index contributed by atoms with van der Waals surface area (Å²) >= 11 is 0. The molecular weight excluding hydrogens is 298 g/mol. The maximum absolute atomic E-state index is 5.80. The van der Waals surface area contributed by atoms with Gasteiger partial charge in [0.15, 0.2) is 0 Å². The molecule has 0 atom stereocenters. The van der Waals surface area contributed by atoms with E-state index in [4.69, 9.17) is 10.5 Å². The number of hydrogen-bond acceptors (Lipinski definition) is 4. The van der Waals surface area contributed by atoms with E-state index in [-0.39, 0.29) is 0 Å². The lowest BCUT2D eigenvalue weighted by molar-refractivity contribution is 0.224. The fraction of sp³-hybridized carbons (Fsp3) is 0.400. The zero-order valence-corrected chi connectivity index (χ0v) is 14.4. The van der Waals surface area contributed by atoms with Crippen LogP contribution in [0.1, 0.15) is 12.0 Å². The van der Waals surface area contributed by atoms with Crippen molar-refractivity contribution < 1.29 is 4.74 Å². The predicted molar refractivity (Wildman–Crippen MR) is 101 cm³/mol. The molecule has 1 saturated heterocycles. The molecule has 0 spiro atoms. The van der Waals surface area contributed by atoms with Crippen LogP contribution in [0.5, 0.6) is 5.75 Å². The number of ether oxygens (including phenoxy) is 1. The van der Waals surface area contributed by atoms with E-state index in [0.29, 0.717) is 0 Å². The standard InChI is InChI=1S/C20H27N3O/c1-17-3-9-20(10-4-17)24-16-2-11-22-12-14-23(15-13-22)19-7-5-18(21)6-8-19/h3-10H,2,11-16,21H2,1H3. The molecule has 24 heavy (non-hydrogen) atoms. The third kappa shape index (κ3) is 4.65. The van der Waals surface area contributed by atoms with Gasteiger partial charge in [-0.1, -0.05) is 17.7 Å². The summed E-state index contributed by atoms with van der Waals surface area (Å²) in [6.45, 7) is 8.33. The summed E-state index contributed by atoms with van der Waals surface area (Å²) in [5.74, 6) is 0.966. The highest BCUT2D eigenvalue weighted by Gasteiger charge is 2.16. The van der Waals surface area contributed by atoms with Gasteiger partial charge in [0, 0.05) is 44.1 Å². The Morgan fingerprint density at radius 3 is 2.25 bits per heavy atom. The van der Waals surface area contributed by atoms with Gasteiger partial charge in [0.2, 0.25) is 0 Å². The quantitative estimate of drug-likeness (QED) is 0.654. The van der Waals surface area contributed by atoms with Crippen molar-refractivity contribution in [2.75, 3.05) is 50.0 Å². The number of aryl methyl sites for hydroxylation is 1. The van der Waals surface area contributed by atoms with Crippen molar-refractivity contribution in [3.05, 3.63) is 54.1 Å². The van der Waals surface area contributed by atoms with Crippen LogP contribution in [0.2, 0.25) is 0 Å². The lowest BCUT2D eigenvalue weighted by Gasteiger charge is -2.36. The van der Waals surface area contributed by atoms with E-state index in [1.165, 1.54) is 11.3 Å². The van der Waals surface area contributed by atoms with Crippen molar-refractivity contribution in [3.8, 4) is 5.75 Å². The molecule has 0 amide bonds. The number of rotatable bonds is 6. The SMILES string of the molecule is Cc1ccc(OCCCN2CCN(c3ccc(N)cc3)CC2)cc1. The van der Waals surface area contributed by atoms with Crippen molar-refractivity contribution >= 4 is 11.4 Å². The summed E-state index contributed by atoms with van der Waals surface area (Å²) in [5.41, 5.74) is 9.12. The van der Waals surface area contributed by atoms with E-state index in [1.807, 2.05) is 24.3 Å². The molecule has 2 aromatic rings. The molecule has 128 valence electrons. The van der Waals surface area contributed by atoms with E-state index in [9.17, 15) is 0 Å². The molecule has 1 heterocycles. The van der Waals surface area contributed by atoms with Gasteiger partial charge in [0.05, 0.1) is 6.61 Å². The molecule has 3 rings (SSSR count). The molecule has 0 saturated carbocycles. The highest BCUT2D eigenvalue weighted by molar-refractivity contribution is 5.53. The van der Waals surface area contributed by atoms with Crippen LogP contribution in [-0.4, -0.2) is 44.2 Å². The van der Waals surface area contributed by atoms with Gasteiger partial charge in [0.25, 0.3) is 0 Å². The van der Waals surface area contributed by atoms with Gasteiger partial charge < -0.3 is 15.4 Å². The van der Waals surface area contributed by atoms with Crippen LogP contribution in [0.25, 0.3) is 0 Å². The van der Waals surface area contributed by atoms with Crippen LogP contribution in [0, 0.1) is 6.92 Å². The van der Waals surface area contributed by atoms with Gasteiger partial charge in [-0.25, -0.2) is 0 Å². The van der Waals surface area contributed by atoms with Gasteiger partial charge in [-0.15, -0.1) is 0 Å². The van der Waals surface area contributed by atoms with Crippen molar-refractivity contribution in [2.24, 2.45) is 0 Å². The number of piperazine rings is 1. The average molecular weight is 325 g/mol.